The van der Waals surface area contributed by atoms with Crippen molar-refractivity contribution in [3.05, 3.63) is 28.7 Å². The third kappa shape index (κ3) is 4.64. The Morgan fingerprint density at radius 1 is 1.35 bits per heavy atom. The van der Waals surface area contributed by atoms with Crippen molar-refractivity contribution < 1.29 is 9.59 Å². The molecule has 1 rings (SSSR count). The van der Waals surface area contributed by atoms with Crippen LogP contribution >= 0.6 is 27.7 Å². The van der Waals surface area contributed by atoms with Gasteiger partial charge in [0, 0.05) is 20.5 Å². The summed E-state index contributed by atoms with van der Waals surface area (Å²) in [6, 6.07) is 7.97. The maximum atomic E-state index is 11.7. The van der Waals surface area contributed by atoms with E-state index in [4.69, 9.17) is 0 Å². The van der Waals surface area contributed by atoms with E-state index in [1.165, 1.54) is 0 Å². The maximum absolute atomic E-state index is 11.7. The molecule has 0 atom stereocenters. The van der Waals surface area contributed by atoms with E-state index in [2.05, 4.69) is 15.9 Å². The van der Waals surface area contributed by atoms with Gasteiger partial charge in [-0.25, -0.2) is 0 Å². The highest BCUT2D eigenvalue weighted by molar-refractivity contribution is 9.10. The Labute approximate surface area is 114 Å². The zero-order chi connectivity index (χ0) is 12.9. The van der Waals surface area contributed by atoms with Gasteiger partial charge in [-0.2, -0.15) is 0 Å². The zero-order valence-corrected chi connectivity index (χ0v) is 12.3. The van der Waals surface area contributed by atoms with Crippen LogP contribution in [0.5, 0.6) is 0 Å². The smallest absolute Gasteiger partial charge is 0.146 e. The topological polar surface area (TPSA) is 34.1 Å². The summed E-state index contributed by atoms with van der Waals surface area (Å²) in [5.74, 6) is 0.679. The van der Waals surface area contributed by atoms with Crippen molar-refractivity contribution >= 4 is 39.8 Å². The average Bonchev–Trinajstić information content (AvgIpc) is 2.29. The number of hydrogen-bond acceptors (Lipinski definition) is 3. The second kappa shape index (κ2) is 6.36. The molecule has 1 aromatic rings. The predicted molar refractivity (Wildman–Crippen MR) is 74.3 cm³/mol. The molecular formula is C13H15BrO2S. The van der Waals surface area contributed by atoms with E-state index < -0.39 is 5.41 Å². The van der Waals surface area contributed by atoms with E-state index in [9.17, 15) is 9.59 Å². The van der Waals surface area contributed by atoms with E-state index in [0.717, 1.165) is 9.37 Å². The number of ketones is 1. The van der Waals surface area contributed by atoms with Gasteiger partial charge in [0.25, 0.3) is 0 Å². The first kappa shape index (κ1) is 14.5. The number of rotatable bonds is 6. The van der Waals surface area contributed by atoms with Gasteiger partial charge in [-0.3, -0.25) is 4.79 Å². The van der Waals surface area contributed by atoms with Crippen LogP contribution < -0.4 is 0 Å². The Morgan fingerprint density at radius 3 is 2.47 bits per heavy atom. The summed E-state index contributed by atoms with van der Waals surface area (Å²) < 4.78 is 1.04. The highest BCUT2D eigenvalue weighted by atomic mass is 79.9. The third-order valence-corrected chi connectivity index (χ3v) is 4.44. The first-order chi connectivity index (χ1) is 7.95. The van der Waals surface area contributed by atoms with Gasteiger partial charge >= 0.3 is 0 Å². The molecule has 0 saturated carbocycles. The molecule has 0 fully saturated rings. The molecule has 1 aromatic carbocycles. The molecule has 0 spiro atoms. The fourth-order valence-corrected chi connectivity index (χ4v) is 2.51. The molecule has 0 aromatic heterocycles. The second-order valence-corrected chi connectivity index (χ2v) is 6.38. The molecule has 0 bridgehead atoms. The third-order valence-electron chi connectivity index (χ3n) is 2.44. The summed E-state index contributed by atoms with van der Waals surface area (Å²) in [6.45, 7) is 3.76. The number of hydrogen-bond donors (Lipinski definition) is 0. The highest BCUT2D eigenvalue weighted by Gasteiger charge is 2.26. The molecule has 2 nitrogen and oxygen atoms in total. The van der Waals surface area contributed by atoms with Crippen molar-refractivity contribution in [2.75, 3.05) is 5.75 Å². The molecule has 0 aliphatic rings. The van der Waals surface area contributed by atoms with E-state index in [0.29, 0.717) is 12.0 Å². The normalized spacial score (nSPS) is 11.2. The maximum Gasteiger partial charge on any atom is 0.146 e. The standard InChI is InChI=1S/C13H15BrO2S/c1-13(2,12(16)7-8-15)9-17-11-5-3-10(14)4-6-11/h3-6,8H,7,9H2,1-2H3. The first-order valence-electron chi connectivity index (χ1n) is 5.31. The minimum absolute atomic E-state index is 0.00267. The monoisotopic (exact) mass is 314 g/mol. The van der Waals surface area contributed by atoms with Crippen molar-refractivity contribution in [2.45, 2.75) is 25.2 Å². The Morgan fingerprint density at radius 2 is 1.94 bits per heavy atom. The average molecular weight is 315 g/mol. The summed E-state index contributed by atoms with van der Waals surface area (Å²) in [5.41, 5.74) is -0.460. The number of halogens is 1. The van der Waals surface area contributed by atoms with E-state index in [1.54, 1.807) is 11.8 Å². The summed E-state index contributed by atoms with van der Waals surface area (Å²) >= 11 is 5.01. The molecule has 0 saturated heterocycles. The zero-order valence-electron chi connectivity index (χ0n) is 9.90. The van der Waals surface area contributed by atoms with E-state index in [-0.39, 0.29) is 12.2 Å². The van der Waals surface area contributed by atoms with Crippen LogP contribution in [0.2, 0.25) is 0 Å². The fourth-order valence-electron chi connectivity index (χ4n) is 1.23. The molecule has 0 radical (unpaired) electrons. The molecule has 0 aliphatic heterocycles. The molecule has 17 heavy (non-hydrogen) atoms. The van der Waals surface area contributed by atoms with Crippen LogP contribution in [0.4, 0.5) is 0 Å². The molecule has 0 amide bonds. The van der Waals surface area contributed by atoms with Crippen LogP contribution in [0.15, 0.2) is 33.6 Å². The summed E-state index contributed by atoms with van der Waals surface area (Å²) in [5, 5.41) is 0. The second-order valence-electron chi connectivity index (χ2n) is 4.42. The van der Waals surface area contributed by atoms with E-state index >= 15 is 0 Å². The predicted octanol–water partition coefficient (Wildman–Crippen LogP) is 3.73. The van der Waals surface area contributed by atoms with Crippen LogP contribution in [0.3, 0.4) is 0 Å². The first-order valence-corrected chi connectivity index (χ1v) is 7.09. The van der Waals surface area contributed by atoms with Gasteiger partial charge in [0.2, 0.25) is 0 Å². The Hall–Kier alpha value is -0.610. The number of thioether (sulfide) groups is 1. The van der Waals surface area contributed by atoms with Crippen molar-refractivity contribution in [3.8, 4) is 0 Å². The fraction of sp³-hybridized carbons (Fsp3) is 0.385. The lowest BCUT2D eigenvalue weighted by molar-refractivity contribution is -0.128. The van der Waals surface area contributed by atoms with Gasteiger partial charge in [0.05, 0.1) is 6.42 Å². The lowest BCUT2D eigenvalue weighted by Crippen LogP contribution is -2.27. The number of Topliss-reactive ketones (excluding diaryl/α,β-unsaturated/α-hetero) is 1. The van der Waals surface area contributed by atoms with Crippen LogP contribution in [0, 0.1) is 5.41 Å². The molecule has 0 aliphatic carbocycles. The van der Waals surface area contributed by atoms with Gasteiger partial charge in [0.1, 0.15) is 12.1 Å². The van der Waals surface area contributed by atoms with Gasteiger partial charge in [-0.05, 0) is 24.3 Å². The number of aldehydes is 1. The van der Waals surface area contributed by atoms with Gasteiger partial charge in [-0.15, -0.1) is 11.8 Å². The number of carbonyl (C=O) groups excluding carboxylic acids is 2. The van der Waals surface area contributed by atoms with Crippen LogP contribution in [0.25, 0.3) is 0 Å². The lowest BCUT2D eigenvalue weighted by Gasteiger charge is -2.21. The molecule has 0 heterocycles. The summed E-state index contributed by atoms with van der Waals surface area (Å²) in [4.78, 5) is 23.2. The quantitative estimate of drug-likeness (QED) is 0.456. The van der Waals surface area contributed by atoms with E-state index in [1.807, 2.05) is 38.1 Å². The lowest BCUT2D eigenvalue weighted by atomic mass is 9.89. The Bertz CT molecular complexity index is 398. The Balaban J connectivity index is 2.57. The van der Waals surface area contributed by atoms with Crippen molar-refractivity contribution in [2.24, 2.45) is 5.41 Å². The summed E-state index contributed by atoms with van der Waals surface area (Å²) in [6.07, 6.45) is 0.683. The molecule has 0 unspecified atom stereocenters. The van der Waals surface area contributed by atoms with Crippen molar-refractivity contribution in [3.63, 3.8) is 0 Å². The highest BCUT2D eigenvalue weighted by Crippen LogP contribution is 2.29. The Kier molecular flexibility index (Phi) is 5.40. The van der Waals surface area contributed by atoms with Crippen LogP contribution in [0.1, 0.15) is 20.3 Å². The molecule has 0 N–H and O–H groups in total. The molecule has 4 heteroatoms. The number of benzene rings is 1. The van der Waals surface area contributed by atoms with Gasteiger partial charge < -0.3 is 4.79 Å². The number of carbonyl (C=O) groups is 2. The largest absolute Gasteiger partial charge is 0.303 e. The molecule has 92 valence electrons. The van der Waals surface area contributed by atoms with Crippen LogP contribution in [-0.4, -0.2) is 17.8 Å². The summed E-state index contributed by atoms with van der Waals surface area (Å²) in [7, 11) is 0. The minimum Gasteiger partial charge on any atom is -0.303 e. The molecular weight excluding hydrogens is 300 g/mol. The van der Waals surface area contributed by atoms with Crippen molar-refractivity contribution in [1.82, 2.24) is 0 Å². The SMILES string of the molecule is CC(C)(CSc1ccc(Br)cc1)C(=O)CC=O. The minimum atomic E-state index is -0.460. The van der Waals surface area contributed by atoms with Crippen LogP contribution in [-0.2, 0) is 9.59 Å². The van der Waals surface area contributed by atoms with Gasteiger partial charge in [0.15, 0.2) is 0 Å². The van der Waals surface area contributed by atoms with Crippen molar-refractivity contribution in [1.29, 1.82) is 0 Å². The van der Waals surface area contributed by atoms with Gasteiger partial charge in [-0.1, -0.05) is 29.8 Å².